The van der Waals surface area contributed by atoms with Crippen molar-refractivity contribution < 1.29 is 14.3 Å². The number of hydrogen-bond acceptors (Lipinski definition) is 4. The molecule has 0 saturated heterocycles. The standard InChI is InChI=1S/C12H23NO3/c1-9(2)13-8-10(14)16-12(5,6)11(3,4)15-7/h8H2,1-7H3. The fourth-order valence-electron chi connectivity index (χ4n) is 0.908. The van der Waals surface area contributed by atoms with Gasteiger partial charge in [-0.25, -0.2) is 0 Å². The van der Waals surface area contributed by atoms with Gasteiger partial charge in [-0.05, 0) is 41.5 Å². The maximum absolute atomic E-state index is 11.5. The first-order valence-electron chi connectivity index (χ1n) is 5.37. The Kier molecular flexibility index (Phi) is 5.13. The minimum absolute atomic E-state index is 0.0611. The third-order valence-corrected chi connectivity index (χ3v) is 2.85. The van der Waals surface area contributed by atoms with Crippen molar-refractivity contribution >= 4 is 11.7 Å². The molecule has 0 aromatic rings. The van der Waals surface area contributed by atoms with Crippen molar-refractivity contribution in [3.05, 3.63) is 0 Å². The second-order valence-corrected chi connectivity index (χ2v) is 4.96. The summed E-state index contributed by atoms with van der Waals surface area (Å²) in [6.45, 7) is 11.2. The molecular formula is C12H23NO3. The molecule has 0 aromatic carbocycles. The zero-order chi connectivity index (χ0) is 13.0. The molecule has 4 nitrogen and oxygen atoms in total. The van der Waals surface area contributed by atoms with E-state index in [-0.39, 0.29) is 12.5 Å². The summed E-state index contributed by atoms with van der Waals surface area (Å²) >= 11 is 0. The summed E-state index contributed by atoms with van der Waals surface area (Å²) in [6, 6.07) is 0. The van der Waals surface area contributed by atoms with Crippen molar-refractivity contribution in [3.63, 3.8) is 0 Å². The first-order chi connectivity index (χ1) is 7.12. The number of aliphatic imine (C=N–C) groups is 1. The van der Waals surface area contributed by atoms with Crippen molar-refractivity contribution in [2.24, 2.45) is 4.99 Å². The zero-order valence-corrected chi connectivity index (χ0v) is 11.4. The average Bonchev–Trinajstić information content (AvgIpc) is 2.13. The van der Waals surface area contributed by atoms with E-state index in [0.717, 1.165) is 5.71 Å². The second-order valence-electron chi connectivity index (χ2n) is 4.96. The number of rotatable bonds is 5. The smallest absolute Gasteiger partial charge is 0.328 e. The molecule has 0 heterocycles. The lowest BCUT2D eigenvalue weighted by molar-refractivity contribution is -0.184. The molecule has 0 saturated carbocycles. The molecule has 94 valence electrons. The van der Waals surface area contributed by atoms with Gasteiger partial charge >= 0.3 is 5.97 Å². The number of nitrogens with zero attached hydrogens (tertiary/aromatic N) is 1. The Morgan fingerprint density at radius 3 is 2.00 bits per heavy atom. The van der Waals surface area contributed by atoms with E-state index in [0.29, 0.717) is 0 Å². The lowest BCUT2D eigenvalue weighted by Crippen LogP contribution is -2.50. The highest BCUT2D eigenvalue weighted by Gasteiger charge is 2.40. The van der Waals surface area contributed by atoms with Crippen LogP contribution in [0.1, 0.15) is 41.5 Å². The molecule has 0 rings (SSSR count). The SMILES string of the molecule is COC(C)(C)C(C)(C)OC(=O)CN=C(C)C. The van der Waals surface area contributed by atoms with Gasteiger partial charge in [0.1, 0.15) is 17.7 Å². The second kappa shape index (κ2) is 5.43. The van der Waals surface area contributed by atoms with E-state index in [9.17, 15) is 4.79 Å². The highest BCUT2D eigenvalue weighted by molar-refractivity contribution is 5.82. The molecule has 0 radical (unpaired) electrons. The van der Waals surface area contributed by atoms with Gasteiger partial charge < -0.3 is 9.47 Å². The third kappa shape index (κ3) is 4.31. The van der Waals surface area contributed by atoms with E-state index < -0.39 is 11.2 Å². The highest BCUT2D eigenvalue weighted by atomic mass is 16.6. The summed E-state index contributed by atoms with van der Waals surface area (Å²) in [5.41, 5.74) is -0.357. The summed E-state index contributed by atoms with van der Waals surface area (Å²) < 4.78 is 10.7. The molecule has 0 spiro atoms. The van der Waals surface area contributed by atoms with E-state index in [4.69, 9.17) is 9.47 Å². The van der Waals surface area contributed by atoms with Crippen LogP contribution >= 0.6 is 0 Å². The Morgan fingerprint density at radius 2 is 1.62 bits per heavy atom. The molecule has 0 amide bonds. The Morgan fingerprint density at radius 1 is 1.12 bits per heavy atom. The summed E-state index contributed by atoms with van der Waals surface area (Å²) in [5.74, 6) is -0.337. The third-order valence-electron chi connectivity index (χ3n) is 2.85. The average molecular weight is 229 g/mol. The lowest BCUT2D eigenvalue weighted by Gasteiger charge is -2.39. The van der Waals surface area contributed by atoms with Crippen molar-refractivity contribution in [3.8, 4) is 0 Å². The number of ether oxygens (including phenoxy) is 2. The van der Waals surface area contributed by atoms with Gasteiger partial charge in [-0.3, -0.25) is 9.79 Å². The fourth-order valence-corrected chi connectivity index (χ4v) is 0.908. The lowest BCUT2D eigenvalue weighted by atomic mass is 9.89. The van der Waals surface area contributed by atoms with Crippen LogP contribution in [0.3, 0.4) is 0 Å². The number of carbonyl (C=O) groups excluding carboxylic acids is 1. The predicted molar refractivity (Wildman–Crippen MR) is 64.9 cm³/mol. The Bertz CT molecular complexity index is 276. The summed E-state index contributed by atoms with van der Waals surface area (Å²) in [4.78, 5) is 15.6. The van der Waals surface area contributed by atoms with Crippen molar-refractivity contribution in [1.29, 1.82) is 0 Å². The molecule has 0 bridgehead atoms. The number of methoxy groups -OCH3 is 1. The van der Waals surface area contributed by atoms with E-state index in [1.807, 2.05) is 41.5 Å². The monoisotopic (exact) mass is 229 g/mol. The summed E-state index contributed by atoms with van der Waals surface area (Å²) in [5, 5.41) is 0. The largest absolute Gasteiger partial charge is 0.455 e. The van der Waals surface area contributed by atoms with Crippen LogP contribution in [0.15, 0.2) is 4.99 Å². The van der Waals surface area contributed by atoms with Crippen LogP contribution < -0.4 is 0 Å². The quantitative estimate of drug-likeness (QED) is 0.536. The summed E-state index contributed by atoms with van der Waals surface area (Å²) in [7, 11) is 1.60. The zero-order valence-electron chi connectivity index (χ0n) is 11.4. The number of carbonyl (C=O) groups is 1. The van der Waals surface area contributed by atoms with Crippen LogP contribution in [0.2, 0.25) is 0 Å². The topological polar surface area (TPSA) is 47.9 Å². The van der Waals surface area contributed by atoms with Gasteiger partial charge in [-0.1, -0.05) is 0 Å². The van der Waals surface area contributed by atoms with Crippen molar-refractivity contribution in [2.45, 2.75) is 52.7 Å². The van der Waals surface area contributed by atoms with Crippen LogP contribution in [-0.2, 0) is 14.3 Å². The first kappa shape index (κ1) is 15.1. The van der Waals surface area contributed by atoms with Gasteiger partial charge in [-0.15, -0.1) is 0 Å². The Labute approximate surface area is 98.0 Å². The van der Waals surface area contributed by atoms with Crippen molar-refractivity contribution in [2.75, 3.05) is 13.7 Å². The summed E-state index contributed by atoms with van der Waals surface area (Å²) in [6.07, 6.45) is 0. The van der Waals surface area contributed by atoms with Crippen LogP contribution in [0, 0.1) is 0 Å². The minimum Gasteiger partial charge on any atom is -0.455 e. The highest BCUT2D eigenvalue weighted by Crippen LogP contribution is 2.28. The normalized spacial score (nSPS) is 12.2. The van der Waals surface area contributed by atoms with E-state index in [1.54, 1.807) is 7.11 Å². The maximum Gasteiger partial charge on any atom is 0.328 e. The van der Waals surface area contributed by atoms with Crippen LogP contribution in [0.4, 0.5) is 0 Å². The van der Waals surface area contributed by atoms with Gasteiger partial charge in [-0.2, -0.15) is 0 Å². The Balaban J connectivity index is 4.48. The van der Waals surface area contributed by atoms with E-state index in [1.165, 1.54) is 0 Å². The van der Waals surface area contributed by atoms with Gasteiger partial charge in [0.2, 0.25) is 0 Å². The van der Waals surface area contributed by atoms with Crippen LogP contribution in [0.25, 0.3) is 0 Å². The van der Waals surface area contributed by atoms with Crippen molar-refractivity contribution in [1.82, 2.24) is 0 Å². The molecule has 16 heavy (non-hydrogen) atoms. The van der Waals surface area contributed by atoms with Gasteiger partial charge in [0.05, 0.1) is 0 Å². The molecule has 4 heteroatoms. The fraction of sp³-hybridized carbons (Fsp3) is 0.833. The molecule has 0 aliphatic heterocycles. The first-order valence-corrected chi connectivity index (χ1v) is 5.37. The molecular weight excluding hydrogens is 206 g/mol. The molecule has 0 unspecified atom stereocenters. The van der Waals surface area contributed by atoms with E-state index >= 15 is 0 Å². The number of hydrogen-bond donors (Lipinski definition) is 0. The van der Waals surface area contributed by atoms with Crippen LogP contribution in [0.5, 0.6) is 0 Å². The molecule has 0 atom stereocenters. The molecule has 0 aliphatic rings. The van der Waals surface area contributed by atoms with Gasteiger partial charge in [0, 0.05) is 12.8 Å². The predicted octanol–water partition coefficient (Wildman–Crippen LogP) is 2.21. The van der Waals surface area contributed by atoms with E-state index in [2.05, 4.69) is 4.99 Å². The Hall–Kier alpha value is -0.900. The van der Waals surface area contributed by atoms with Gasteiger partial charge in [0.15, 0.2) is 0 Å². The number of esters is 1. The maximum atomic E-state index is 11.5. The molecule has 0 aromatic heterocycles. The molecule has 0 N–H and O–H groups in total. The minimum atomic E-state index is -0.685. The van der Waals surface area contributed by atoms with Crippen LogP contribution in [-0.4, -0.2) is 36.5 Å². The molecule has 0 aliphatic carbocycles. The van der Waals surface area contributed by atoms with Gasteiger partial charge in [0.25, 0.3) is 0 Å². The molecule has 0 fully saturated rings.